The Hall–Kier alpha value is -1.70. The van der Waals surface area contributed by atoms with Gasteiger partial charge in [-0.2, -0.15) is 0 Å². The van der Waals surface area contributed by atoms with E-state index in [0.29, 0.717) is 5.76 Å². The van der Waals surface area contributed by atoms with Gasteiger partial charge in [-0.15, -0.1) is 0 Å². The number of nitrogens with zero attached hydrogens (tertiary/aromatic N) is 1. The van der Waals surface area contributed by atoms with E-state index in [-0.39, 0.29) is 0 Å². The number of hydrogen-bond acceptors (Lipinski definition) is 1. The average molecular weight is 187 g/mol. The third kappa shape index (κ3) is 1.20. The molecule has 0 radical (unpaired) electrons. The van der Waals surface area contributed by atoms with Gasteiger partial charge < -0.3 is 9.30 Å². The SMILES string of the molecule is C=C(OC)c1cn(C)c2ccccc12. The van der Waals surface area contributed by atoms with Crippen molar-refractivity contribution in [2.45, 2.75) is 0 Å². The van der Waals surface area contributed by atoms with E-state index in [0.717, 1.165) is 5.56 Å². The summed E-state index contributed by atoms with van der Waals surface area (Å²) in [5.74, 6) is 0.710. The van der Waals surface area contributed by atoms with Crippen LogP contribution in [-0.2, 0) is 11.8 Å². The first kappa shape index (κ1) is 8.88. The highest BCUT2D eigenvalue weighted by Gasteiger charge is 2.08. The molecule has 72 valence electrons. The van der Waals surface area contributed by atoms with Crippen molar-refractivity contribution in [3.8, 4) is 0 Å². The number of methoxy groups -OCH3 is 1. The van der Waals surface area contributed by atoms with Crippen molar-refractivity contribution in [2.75, 3.05) is 7.11 Å². The zero-order chi connectivity index (χ0) is 10.1. The van der Waals surface area contributed by atoms with Crippen molar-refractivity contribution in [2.24, 2.45) is 7.05 Å². The van der Waals surface area contributed by atoms with Crippen molar-refractivity contribution in [1.82, 2.24) is 4.57 Å². The zero-order valence-corrected chi connectivity index (χ0v) is 8.45. The number of hydrogen-bond donors (Lipinski definition) is 0. The molecule has 14 heavy (non-hydrogen) atoms. The molecule has 0 amide bonds. The molecule has 0 aliphatic carbocycles. The van der Waals surface area contributed by atoms with Gasteiger partial charge in [-0.05, 0) is 6.07 Å². The molecule has 1 aromatic carbocycles. The average Bonchev–Trinajstić information content (AvgIpc) is 2.56. The molecule has 0 saturated heterocycles. The lowest BCUT2D eigenvalue weighted by atomic mass is 10.1. The number of ether oxygens (including phenoxy) is 1. The summed E-state index contributed by atoms with van der Waals surface area (Å²) in [5, 5.41) is 1.18. The maximum Gasteiger partial charge on any atom is 0.121 e. The van der Waals surface area contributed by atoms with E-state index in [4.69, 9.17) is 4.74 Å². The molecule has 0 atom stereocenters. The summed E-state index contributed by atoms with van der Waals surface area (Å²) in [4.78, 5) is 0. The van der Waals surface area contributed by atoms with Crippen LogP contribution in [0.3, 0.4) is 0 Å². The van der Waals surface area contributed by atoms with E-state index in [1.165, 1.54) is 10.9 Å². The Morgan fingerprint density at radius 1 is 1.36 bits per heavy atom. The standard InChI is InChI=1S/C12H13NO/c1-9(14-3)11-8-13(2)12-7-5-4-6-10(11)12/h4-8H,1H2,2-3H3. The van der Waals surface area contributed by atoms with Gasteiger partial charge in [0.05, 0.1) is 7.11 Å². The van der Waals surface area contributed by atoms with Crippen LogP contribution in [0.4, 0.5) is 0 Å². The zero-order valence-electron chi connectivity index (χ0n) is 8.45. The molecule has 2 rings (SSSR count). The molecule has 0 aliphatic heterocycles. The minimum absolute atomic E-state index is 0.710. The first-order valence-corrected chi connectivity index (χ1v) is 4.51. The minimum Gasteiger partial charge on any atom is -0.497 e. The molecule has 2 heteroatoms. The molecule has 0 aliphatic rings. The van der Waals surface area contributed by atoms with Gasteiger partial charge in [0.1, 0.15) is 5.76 Å². The molecule has 0 spiro atoms. The largest absolute Gasteiger partial charge is 0.497 e. The first-order valence-electron chi connectivity index (χ1n) is 4.51. The lowest BCUT2D eigenvalue weighted by Gasteiger charge is -2.00. The molecule has 0 fully saturated rings. The van der Waals surface area contributed by atoms with E-state index in [1.807, 2.05) is 25.4 Å². The highest BCUT2D eigenvalue weighted by Crippen LogP contribution is 2.25. The van der Waals surface area contributed by atoms with Gasteiger partial charge >= 0.3 is 0 Å². The molecule has 2 aromatic rings. The molecule has 0 saturated carbocycles. The fourth-order valence-electron chi connectivity index (χ4n) is 1.67. The smallest absolute Gasteiger partial charge is 0.121 e. The van der Waals surface area contributed by atoms with Crippen LogP contribution < -0.4 is 0 Å². The van der Waals surface area contributed by atoms with Crippen LogP contribution >= 0.6 is 0 Å². The Morgan fingerprint density at radius 3 is 2.79 bits per heavy atom. The van der Waals surface area contributed by atoms with Crippen LogP contribution in [0.5, 0.6) is 0 Å². The topological polar surface area (TPSA) is 14.2 Å². The van der Waals surface area contributed by atoms with Crippen LogP contribution in [0.15, 0.2) is 37.0 Å². The second-order valence-corrected chi connectivity index (χ2v) is 3.30. The Bertz CT molecular complexity index is 482. The molecular weight excluding hydrogens is 174 g/mol. The molecular formula is C12H13NO. The number of fused-ring (bicyclic) bond motifs is 1. The highest BCUT2D eigenvalue weighted by atomic mass is 16.5. The maximum absolute atomic E-state index is 5.15. The van der Waals surface area contributed by atoms with Crippen molar-refractivity contribution in [3.05, 3.63) is 42.6 Å². The van der Waals surface area contributed by atoms with Crippen LogP contribution in [-0.4, -0.2) is 11.7 Å². The number of benzene rings is 1. The second kappa shape index (κ2) is 3.22. The Labute approximate surface area is 83.4 Å². The number of para-hydroxylation sites is 1. The normalized spacial score (nSPS) is 10.4. The van der Waals surface area contributed by atoms with Gasteiger partial charge in [0, 0.05) is 29.7 Å². The first-order chi connectivity index (χ1) is 6.74. The quantitative estimate of drug-likeness (QED) is 0.659. The third-order valence-corrected chi connectivity index (χ3v) is 2.44. The van der Waals surface area contributed by atoms with Gasteiger partial charge in [-0.1, -0.05) is 24.8 Å². The number of aryl methyl sites for hydroxylation is 1. The maximum atomic E-state index is 5.15. The summed E-state index contributed by atoms with van der Waals surface area (Å²) in [7, 11) is 3.67. The predicted molar refractivity (Wildman–Crippen MR) is 59.0 cm³/mol. The third-order valence-electron chi connectivity index (χ3n) is 2.44. The van der Waals surface area contributed by atoms with Crippen molar-refractivity contribution in [3.63, 3.8) is 0 Å². The summed E-state index contributed by atoms with van der Waals surface area (Å²) in [6, 6.07) is 8.22. The minimum atomic E-state index is 0.710. The van der Waals surface area contributed by atoms with Crippen molar-refractivity contribution < 1.29 is 4.74 Å². The molecule has 0 N–H and O–H groups in total. The van der Waals surface area contributed by atoms with Crippen molar-refractivity contribution >= 4 is 16.7 Å². The fraction of sp³-hybridized carbons (Fsp3) is 0.167. The van der Waals surface area contributed by atoms with Gasteiger partial charge in [0.15, 0.2) is 0 Å². The fourth-order valence-corrected chi connectivity index (χ4v) is 1.67. The van der Waals surface area contributed by atoms with Crippen LogP contribution in [0.2, 0.25) is 0 Å². The summed E-state index contributed by atoms with van der Waals surface area (Å²) in [5.41, 5.74) is 2.26. The van der Waals surface area contributed by atoms with E-state index in [9.17, 15) is 0 Å². The summed E-state index contributed by atoms with van der Waals surface area (Å²) in [6.45, 7) is 3.87. The molecule has 1 heterocycles. The lowest BCUT2D eigenvalue weighted by molar-refractivity contribution is 0.372. The Kier molecular flexibility index (Phi) is 2.04. The lowest BCUT2D eigenvalue weighted by Crippen LogP contribution is -1.83. The van der Waals surface area contributed by atoms with Gasteiger partial charge in [-0.3, -0.25) is 0 Å². The van der Waals surface area contributed by atoms with E-state index in [2.05, 4.69) is 23.3 Å². The second-order valence-electron chi connectivity index (χ2n) is 3.30. The molecule has 0 bridgehead atoms. The van der Waals surface area contributed by atoms with Gasteiger partial charge in [0.25, 0.3) is 0 Å². The van der Waals surface area contributed by atoms with Crippen LogP contribution in [0.25, 0.3) is 16.7 Å². The molecule has 0 unspecified atom stereocenters. The van der Waals surface area contributed by atoms with Crippen molar-refractivity contribution in [1.29, 1.82) is 0 Å². The summed E-state index contributed by atoms with van der Waals surface area (Å²) < 4.78 is 7.23. The van der Waals surface area contributed by atoms with E-state index in [1.54, 1.807) is 7.11 Å². The predicted octanol–water partition coefficient (Wildman–Crippen LogP) is 2.80. The van der Waals surface area contributed by atoms with Gasteiger partial charge in [0.2, 0.25) is 0 Å². The monoisotopic (exact) mass is 187 g/mol. The Morgan fingerprint density at radius 2 is 2.07 bits per heavy atom. The molecule has 2 nitrogen and oxygen atoms in total. The van der Waals surface area contributed by atoms with E-state index < -0.39 is 0 Å². The van der Waals surface area contributed by atoms with E-state index >= 15 is 0 Å². The highest BCUT2D eigenvalue weighted by molar-refractivity contribution is 5.91. The Balaban J connectivity index is 2.72. The van der Waals surface area contributed by atoms with Gasteiger partial charge in [-0.25, -0.2) is 0 Å². The number of aromatic nitrogens is 1. The molecule has 1 aromatic heterocycles. The number of rotatable bonds is 2. The van der Waals surface area contributed by atoms with Crippen LogP contribution in [0.1, 0.15) is 5.56 Å². The summed E-state index contributed by atoms with van der Waals surface area (Å²) >= 11 is 0. The summed E-state index contributed by atoms with van der Waals surface area (Å²) in [6.07, 6.45) is 2.04. The van der Waals surface area contributed by atoms with Crippen LogP contribution in [0, 0.1) is 0 Å².